The molecule has 28 heavy (non-hydrogen) atoms. The average Bonchev–Trinajstić information content (AvgIpc) is 2.75. The lowest BCUT2D eigenvalue weighted by molar-refractivity contribution is -0.421. The van der Waals surface area contributed by atoms with Crippen molar-refractivity contribution in [2.75, 3.05) is 14.2 Å². The van der Waals surface area contributed by atoms with Gasteiger partial charge in [-0.3, -0.25) is 9.78 Å². The van der Waals surface area contributed by atoms with Gasteiger partial charge in [-0.15, -0.1) is 9.78 Å². The second-order valence-electron chi connectivity index (χ2n) is 5.61. The first-order chi connectivity index (χ1) is 13.6. The van der Waals surface area contributed by atoms with Crippen molar-refractivity contribution in [2.24, 2.45) is 0 Å². The van der Waals surface area contributed by atoms with Gasteiger partial charge in [0.25, 0.3) is 0 Å². The Bertz CT molecular complexity index is 691. The summed E-state index contributed by atoms with van der Waals surface area (Å²) >= 11 is 0. The fraction of sp³-hybridized carbons (Fsp3) is 0.300. The Kier molecular flexibility index (Phi) is 8.26. The highest BCUT2D eigenvalue weighted by Gasteiger charge is 2.19. The van der Waals surface area contributed by atoms with Gasteiger partial charge in [-0.05, 0) is 48.5 Å². The molecule has 0 bridgehead atoms. The number of rotatable bonds is 10. The second kappa shape index (κ2) is 10.9. The van der Waals surface area contributed by atoms with Crippen LogP contribution in [-0.2, 0) is 19.6 Å². The first-order valence-electron chi connectivity index (χ1n) is 8.60. The Balaban J connectivity index is 1.85. The van der Waals surface area contributed by atoms with E-state index in [-0.39, 0.29) is 11.1 Å². The van der Waals surface area contributed by atoms with Crippen LogP contribution in [0.3, 0.4) is 0 Å². The number of carbonyl (C=O) groups excluding carboxylic acids is 2. The summed E-state index contributed by atoms with van der Waals surface area (Å²) in [6.07, 6.45) is -0.0780. The molecule has 0 spiro atoms. The Hall–Kier alpha value is -3.10. The molecule has 2 rings (SSSR count). The molecule has 8 nitrogen and oxygen atoms in total. The number of benzene rings is 2. The summed E-state index contributed by atoms with van der Waals surface area (Å²) in [5, 5.41) is 0. The van der Waals surface area contributed by atoms with E-state index < -0.39 is 18.2 Å². The molecule has 8 heteroatoms. The number of hydrogen-bond acceptors (Lipinski definition) is 8. The third-order valence-corrected chi connectivity index (χ3v) is 3.64. The van der Waals surface area contributed by atoms with Gasteiger partial charge >= 0.3 is 11.9 Å². The Morgan fingerprint density at radius 1 is 0.750 bits per heavy atom. The average molecular weight is 390 g/mol. The van der Waals surface area contributed by atoms with E-state index in [0.717, 1.165) is 0 Å². The summed E-state index contributed by atoms with van der Waals surface area (Å²) in [4.78, 5) is 43.5. The predicted molar refractivity (Wildman–Crippen MR) is 97.7 cm³/mol. The fourth-order valence-corrected chi connectivity index (χ4v) is 2.09. The Labute approximate surface area is 162 Å². The first-order valence-corrected chi connectivity index (χ1v) is 8.60. The molecule has 0 unspecified atom stereocenters. The Morgan fingerprint density at radius 3 is 1.46 bits per heavy atom. The lowest BCUT2D eigenvalue weighted by Crippen LogP contribution is -2.22. The number of hydrogen-bond donors (Lipinski definition) is 0. The molecule has 0 aromatic heterocycles. The van der Waals surface area contributed by atoms with E-state index in [2.05, 4.69) is 0 Å². The van der Waals surface area contributed by atoms with Gasteiger partial charge in [-0.25, -0.2) is 9.59 Å². The van der Waals surface area contributed by atoms with E-state index >= 15 is 0 Å². The molecule has 0 fully saturated rings. The fourth-order valence-electron chi connectivity index (χ4n) is 2.09. The van der Waals surface area contributed by atoms with Gasteiger partial charge in [0.2, 0.25) is 6.29 Å². The van der Waals surface area contributed by atoms with Gasteiger partial charge in [0.05, 0.1) is 25.3 Å². The van der Waals surface area contributed by atoms with Crippen molar-refractivity contribution in [2.45, 2.75) is 26.1 Å². The summed E-state index contributed by atoms with van der Waals surface area (Å²) in [7, 11) is 3.05. The maximum Gasteiger partial charge on any atom is 0.373 e. The molecule has 150 valence electrons. The number of carbonyl (C=O) groups is 2. The van der Waals surface area contributed by atoms with Crippen LogP contribution in [0.4, 0.5) is 0 Å². The SMILES string of the molecule is CCCC(OOC(=O)c1ccc(OC)cc1)OOC(=O)c1ccc(OC)cc1. The lowest BCUT2D eigenvalue weighted by Gasteiger charge is -2.14. The van der Waals surface area contributed by atoms with Crippen LogP contribution in [0, 0.1) is 0 Å². The van der Waals surface area contributed by atoms with E-state index in [1.807, 2.05) is 6.92 Å². The normalized spacial score (nSPS) is 10.4. The number of ether oxygens (including phenoxy) is 2. The minimum Gasteiger partial charge on any atom is -0.497 e. The quantitative estimate of drug-likeness (QED) is 0.345. The molecule has 0 N–H and O–H groups in total. The highest BCUT2D eigenvalue weighted by Crippen LogP contribution is 2.15. The zero-order valence-electron chi connectivity index (χ0n) is 15.9. The molecule has 2 aromatic rings. The van der Waals surface area contributed by atoms with Crippen LogP contribution < -0.4 is 9.47 Å². The van der Waals surface area contributed by atoms with Crippen LogP contribution in [0.5, 0.6) is 11.5 Å². The van der Waals surface area contributed by atoms with Crippen molar-refractivity contribution in [3.8, 4) is 11.5 Å². The minimum atomic E-state index is -1.06. The van der Waals surface area contributed by atoms with Crippen molar-refractivity contribution >= 4 is 11.9 Å². The zero-order chi connectivity index (χ0) is 20.4. The molecule has 0 saturated heterocycles. The van der Waals surface area contributed by atoms with Gasteiger partial charge in [-0.2, -0.15) is 0 Å². The lowest BCUT2D eigenvalue weighted by atomic mass is 10.2. The molecule has 0 heterocycles. The van der Waals surface area contributed by atoms with Crippen molar-refractivity contribution < 1.29 is 38.6 Å². The minimum absolute atomic E-state index is 0.270. The van der Waals surface area contributed by atoms with E-state index in [4.69, 9.17) is 29.0 Å². The van der Waals surface area contributed by atoms with E-state index in [1.165, 1.54) is 38.5 Å². The molecule has 0 aliphatic heterocycles. The molecule has 0 atom stereocenters. The maximum absolute atomic E-state index is 12.0. The second-order valence-corrected chi connectivity index (χ2v) is 5.61. The number of methoxy groups -OCH3 is 2. The van der Waals surface area contributed by atoms with Crippen LogP contribution in [0.1, 0.15) is 40.5 Å². The van der Waals surface area contributed by atoms with Crippen molar-refractivity contribution in [1.82, 2.24) is 0 Å². The molecule has 0 aliphatic rings. The van der Waals surface area contributed by atoms with Crippen molar-refractivity contribution in [3.63, 3.8) is 0 Å². The van der Waals surface area contributed by atoms with Gasteiger partial charge in [-0.1, -0.05) is 13.3 Å². The van der Waals surface area contributed by atoms with Crippen LogP contribution in [-0.4, -0.2) is 32.4 Å². The summed E-state index contributed by atoms with van der Waals surface area (Å²) in [6, 6.07) is 12.6. The van der Waals surface area contributed by atoms with Crippen LogP contribution >= 0.6 is 0 Å². The summed E-state index contributed by atoms with van der Waals surface area (Å²) in [5.74, 6) is -0.215. The smallest absolute Gasteiger partial charge is 0.373 e. The maximum atomic E-state index is 12.0. The molecule has 0 aliphatic carbocycles. The van der Waals surface area contributed by atoms with Gasteiger partial charge in [0.15, 0.2) is 0 Å². The molecular weight excluding hydrogens is 368 g/mol. The third-order valence-electron chi connectivity index (χ3n) is 3.64. The topological polar surface area (TPSA) is 89.5 Å². The van der Waals surface area contributed by atoms with Crippen LogP contribution in [0.25, 0.3) is 0 Å². The van der Waals surface area contributed by atoms with Crippen LogP contribution in [0.2, 0.25) is 0 Å². The van der Waals surface area contributed by atoms with Gasteiger partial charge in [0, 0.05) is 6.42 Å². The summed E-state index contributed by atoms with van der Waals surface area (Å²) in [5.41, 5.74) is 0.539. The van der Waals surface area contributed by atoms with Crippen molar-refractivity contribution in [1.29, 1.82) is 0 Å². The molecule has 2 aromatic carbocycles. The van der Waals surface area contributed by atoms with E-state index in [0.29, 0.717) is 24.3 Å². The van der Waals surface area contributed by atoms with Gasteiger partial charge in [0.1, 0.15) is 11.5 Å². The highest BCUT2D eigenvalue weighted by molar-refractivity contribution is 5.89. The molecule has 0 amide bonds. The van der Waals surface area contributed by atoms with E-state index in [1.54, 1.807) is 24.3 Å². The summed E-state index contributed by atoms with van der Waals surface area (Å²) < 4.78 is 10.0. The third kappa shape index (κ3) is 6.26. The molecule has 0 radical (unpaired) electrons. The van der Waals surface area contributed by atoms with Crippen molar-refractivity contribution in [3.05, 3.63) is 59.7 Å². The zero-order valence-corrected chi connectivity index (χ0v) is 15.9. The largest absolute Gasteiger partial charge is 0.497 e. The van der Waals surface area contributed by atoms with Gasteiger partial charge < -0.3 is 9.47 Å². The Morgan fingerprint density at radius 2 is 1.14 bits per heavy atom. The van der Waals surface area contributed by atoms with E-state index in [9.17, 15) is 9.59 Å². The molecule has 0 saturated carbocycles. The molecular formula is C20H22O8. The standard InChI is InChI=1S/C20H22O8/c1-4-5-18(25-27-19(21)14-6-10-16(23-2)11-7-14)26-28-20(22)15-8-12-17(24-3)13-9-15/h6-13,18H,4-5H2,1-3H3. The first kappa shape index (κ1) is 21.2. The summed E-state index contributed by atoms with van der Waals surface area (Å²) in [6.45, 7) is 1.87. The van der Waals surface area contributed by atoms with Crippen LogP contribution in [0.15, 0.2) is 48.5 Å². The predicted octanol–water partition coefficient (Wildman–Crippen LogP) is 3.71. The monoisotopic (exact) mass is 390 g/mol. The highest BCUT2D eigenvalue weighted by atomic mass is 17.3.